The van der Waals surface area contributed by atoms with E-state index in [0.717, 1.165) is 11.3 Å². The summed E-state index contributed by atoms with van der Waals surface area (Å²) in [6.07, 6.45) is 2.68. The Balaban J connectivity index is 1.51. The molecule has 0 atom stereocenters. The highest BCUT2D eigenvalue weighted by molar-refractivity contribution is 5.96. The van der Waals surface area contributed by atoms with Crippen LogP contribution in [0, 0.1) is 18.8 Å². The summed E-state index contributed by atoms with van der Waals surface area (Å²) in [5, 5.41) is 5.85. The van der Waals surface area contributed by atoms with E-state index >= 15 is 0 Å². The van der Waals surface area contributed by atoms with Gasteiger partial charge in [-0.2, -0.15) is 0 Å². The Labute approximate surface area is 170 Å². The summed E-state index contributed by atoms with van der Waals surface area (Å²) in [6, 6.07) is 14.4. The topological polar surface area (TPSA) is 84.5 Å². The molecule has 0 unspecified atom stereocenters. The zero-order valence-corrected chi connectivity index (χ0v) is 16.7. The number of anilines is 2. The first-order valence-electron chi connectivity index (χ1n) is 9.83. The minimum Gasteiger partial charge on any atom is -0.465 e. The lowest BCUT2D eigenvalue weighted by Gasteiger charge is -2.27. The van der Waals surface area contributed by atoms with E-state index in [1.807, 2.05) is 31.2 Å². The molecule has 0 aliphatic heterocycles. The second-order valence-corrected chi connectivity index (χ2v) is 7.47. The normalized spacial score (nSPS) is 18.6. The van der Waals surface area contributed by atoms with Crippen LogP contribution in [0.15, 0.2) is 48.5 Å². The molecule has 0 heterocycles. The number of benzene rings is 2. The Kier molecular flexibility index (Phi) is 6.65. The molecule has 1 saturated carbocycles. The maximum atomic E-state index is 12.6. The van der Waals surface area contributed by atoms with E-state index in [2.05, 4.69) is 10.6 Å². The molecule has 2 aromatic rings. The largest absolute Gasteiger partial charge is 0.465 e. The summed E-state index contributed by atoms with van der Waals surface area (Å²) < 4.78 is 4.71. The van der Waals surface area contributed by atoms with Gasteiger partial charge in [0.05, 0.1) is 12.7 Å². The molecule has 152 valence electrons. The molecular weight excluding hydrogens is 368 g/mol. The lowest BCUT2D eigenvalue weighted by Crippen LogP contribution is -2.32. The predicted molar refractivity (Wildman–Crippen MR) is 112 cm³/mol. The molecule has 0 radical (unpaired) electrons. The number of amides is 2. The zero-order valence-electron chi connectivity index (χ0n) is 16.7. The predicted octanol–water partition coefficient (Wildman–Crippen LogP) is 4.17. The van der Waals surface area contributed by atoms with Crippen LogP contribution < -0.4 is 10.6 Å². The quantitative estimate of drug-likeness (QED) is 0.746. The van der Waals surface area contributed by atoms with Gasteiger partial charge in [-0.15, -0.1) is 0 Å². The van der Waals surface area contributed by atoms with Gasteiger partial charge in [-0.3, -0.25) is 9.59 Å². The lowest BCUT2D eigenvalue weighted by atomic mass is 9.81. The molecule has 2 N–H and O–H groups in total. The van der Waals surface area contributed by atoms with Crippen LogP contribution >= 0.6 is 0 Å². The van der Waals surface area contributed by atoms with Gasteiger partial charge in [0.15, 0.2) is 0 Å². The van der Waals surface area contributed by atoms with Gasteiger partial charge in [-0.25, -0.2) is 4.79 Å². The molecule has 3 rings (SSSR count). The van der Waals surface area contributed by atoms with E-state index in [0.29, 0.717) is 36.9 Å². The van der Waals surface area contributed by atoms with E-state index in [1.165, 1.54) is 7.11 Å². The minimum atomic E-state index is -0.443. The fourth-order valence-corrected chi connectivity index (χ4v) is 3.67. The lowest BCUT2D eigenvalue weighted by molar-refractivity contribution is -0.125. The molecule has 1 fully saturated rings. The molecule has 6 heteroatoms. The summed E-state index contributed by atoms with van der Waals surface area (Å²) in [4.78, 5) is 36.7. The number of ether oxygens (including phenoxy) is 1. The van der Waals surface area contributed by atoms with Gasteiger partial charge < -0.3 is 15.4 Å². The van der Waals surface area contributed by atoms with Crippen LogP contribution in [0.2, 0.25) is 0 Å². The number of carbonyl (C=O) groups is 3. The maximum absolute atomic E-state index is 12.6. The monoisotopic (exact) mass is 394 g/mol. The number of aryl methyl sites for hydroxylation is 1. The highest BCUT2D eigenvalue weighted by Gasteiger charge is 2.30. The molecule has 6 nitrogen and oxygen atoms in total. The highest BCUT2D eigenvalue weighted by Crippen LogP contribution is 2.30. The average molecular weight is 394 g/mol. The van der Waals surface area contributed by atoms with Crippen LogP contribution in [0.4, 0.5) is 11.4 Å². The van der Waals surface area contributed by atoms with Crippen LogP contribution in [-0.4, -0.2) is 24.9 Å². The Morgan fingerprint density at radius 2 is 1.34 bits per heavy atom. The van der Waals surface area contributed by atoms with E-state index in [9.17, 15) is 14.4 Å². The first-order valence-corrected chi connectivity index (χ1v) is 9.83. The molecule has 0 spiro atoms. The van der Waals surface area contributed by atoms with E-state index in [-0.39, 0.29) is 23.7 Å². The van der Waals surface area contributed by atoms with Gasteiger partial charge in [-0.1, -0.05) is 18.2 Å². The highest BCUT2D eigenvalue weighted by atomic mass is 16.5. The van der Waals surface area contributed by atoms with Crippen molar-refractivity contribution < 1.29 is 19.1 Å². The second kappa shape index (κ2) is 9.37. The minimum absolute atomic E-state index is 0.0141. The van der Waals surface area contributed by atoms with Crippen molar-refractivity contribution in [3.05, 3.63) is 59.7 Å². The van der Waals surface area contributed by atoms with Crippen molar-refractivity contribution in [3.63, 3.8) is 0 Å². The van der Waals surface area contributed by atoms with Gasteiger partial charge in [-0.05, 0) is 68.5 Å². The number of nitrogens with one attached hydrogen (secondary N) is 2. The van der Waals surface area contributed by atoms with Crippen molar-refractivity contribution >= 4 is 29.2 Å². The Hall–Kier alpha value is -3.15. The van der Waals surface area contributed by atoms with Crippen molar-refractivity contribution in [2.75, 3.05) is 17.7 Å². The van der Waals surface area contributed by atoms with Crippen molar-refractivity contribution in [1.82, 2.24) is 0 Å². The van der Waals surface area contributed by atoms with Crippen molar-refractivity contribution in [2.24, 2.45) is 11.8 Å². The first kappa shape index (κ1) is 20.6. The van der Waals surface area contributed by atoms with Crippen LogP contribution in [0.1, 0.15) is 41.6 Å². The standard InChI is InChI=1S/C23H26N2O4/c1-15-5-3-7-19(13-15)24-21(26)16-9-11-17(12-10-16)22(27)25-20-8-4-6-18(14-20)23(28)29-2/h3-8,13-14,16-17H,9-12H2,1-2H3,(H,24,26)(H,25,27). The summed E-state index contributed by atoms with van der Waals surface area (Å²) in [7, 11) is 1.32. The number of hydrogen-bond donors (Lipinski definition) is 2. The smallest absolute Gasteiger partial charge is 0.337 e. The zero-order chi connectivity index (χ0) is 20.8. The van der Waals surface area contributed by atoms with Gasteiger partial charge >= 0.3 is 5.97 Å². The van der Waals surface area contributed by atoms with E-state index < -0.39 is 5.97 Å². The molecular formula is C23H26N2O4. The van der Waals surface area contributed by atoms with Crippen molar-refractivity contribution in [2.45, 2.75) is 32.6 Å². The van der Waals surface area contributed by atoms with Crippen LogP contribution in [0.5, 0.6) is 0 Å². The molecule has 0 bridgehead atoms. The summed E-state index contributed by atoms with van der Waals surface area (Å²) in [5.74, 6) is -0.729. The van der Waals surface area contributed by atoms with Gasteiger partial charge in [0.2, 0.25) is 11.8 Å². The van der Waals surface area contributed by atoms with Crippen LogP contribution in [0.3, 0.4) is 0 Å². The third-order valence-corrected chi connectivity index (χ3v) is 5.31. The molecule has 1 aliphatic carbocycles. The molecule has 0 aromatic heterocycles. The Morgan fingerprint density at radius 1 is 0.828 bits per heavy atom. The third kappa shape index (κ3) is 5.44. The number of carbonyl (C=O) groups excluding carboxylic acids is 3. The summed E-state index contributed by atoms with van der Waals surface area (Å²) in [5.41, 5.74) is 2.86. The van der Waals surface area contributed by atoms with Gasteiger partial charge in [0.1, 0.15) is 0 Å². The fraction of sp³-hybridized carbons (Fsp3) is 0.348. The summed E-state index contributed by atoms with van der Waals surface area (Å²) in [6.45, 7) is 1.99. The van der Waals surface area contributed by atoms with Crippen LogP contribution in [-0.2, 0) is 14.3 Å². The van der Waals surface area contributed by atoms with Gasteiger partial charge in [0, 0.05) is 23.2 Å². The number of rotatable bonds is 5. The third-order valence-electron chi connectivity index (χ3n) is 5.31. The molecule has 1 aliphatic rings. The molecule has 2 amide bonds. The van der Waals surface area contributed by atoms with E-state index in [4.69, 9.17) is 4.74 Å². The summed E-state index contributed by atoms with van der Waals surface area (Å²) >= 11 is 0. The first-order chi connectivity index (χ1) is 14.0. The number of hydrogen-bond acceptors (Lipinski definition) is 4. The molecule has 2 aromatic carbocycles. The Bertz CT molecular complexity index is 901. The molecule has 29 heavy (non-hydrogen) atoms. The number of methoxy groups -OCH3 is 1. The fourth-order valence-electron chi connectivity index (χ4n) is 3.67. The second-order valence-electron chi connectivity index (χ2n) is 7.47. The van der Waals surface area contributed by atoms with Gasteiger partial charge in [0.25, 0.3) is 0 Å². The van der Waals surface area contributed by atoms with Crippen molar-refractivity contribution in [3.8, 4) is 0 Å². The van der Waals surface area contributed by atoms with E-state index in [1.54, 1.807) is 24.3 Å². The maximum Gasteiger partial charge on any atom is 0.337 e. The van der Waals surface area contributed by atoms with Crippen molar-refractivity contribution in [1.29, 1.82) is 0 Å². The SMILES string of the molecule is COC(=O)c1cccc(NC(=O)C2CCC(C(=O)Nc3cccc(C)c3)CC2)c1. The average Bonchev–Trinajstić information content (AvgIpc) is 2.73. The Morgan fingerprint density at radius 3 is 1.86 bits per heavy atom. The number of esters is 1. The van der Waals surface area contributed by atoms with Crippen LogP contribution in [0.25, 0.3) is 0 Å². The molecule has 0 saturated heterocycles.